The van der Waals surface area contributed by atoms with E-state index < -0.39 is 26.6 Å². The van der Waals surface area contributed by atoms with Gasteiger partial charge in [-0.25, -0.2) is 22.3 Å². The summed E-state index contributed by atoms with van der Waals surface area (Å²) in [6, 6.07) is 7.86. The summed E-state index contributed by atoms with van der Waals surface area (Å²) >= 11 is 3.06. The van der Waals surface area contributed by atoms with Gasteiger partial charge in [-0.15, -0.1) is 0 Å². The van der Waals surface area contributed by atoms with Crippen LogP contribution in [0.25, 0.3) is 0 Å². The number of rotatable bonds is 4. The molecular formula is C13H10BrF2NO3S. The Morgan fingerprint density at radius 3 is 2.43 bits per heavy atom. The number of hydrogen-bond donors (Lipinski definition) is 1. The maximum Gasteiger partial charge on any atom is 0.241 e. The second kappa shape index (κ2) is 6.08. The maximum absolute atomic E-state index is 13.7. The zero-order valence-corrected chi connectivity index (χ0v) is 12.9. The molecule has 0 amide bonds. The second-order valence-electron chi connectivity index (χ2n) is 4.14. The van der Waals surface area contributed by atoms with E-state index in [0.717, 1.165) is 12.1 Å². The third-order valence-corrected chi connectivity index (χ3v) is 4.18. The maximum atomic E-state index is 13.7. The van der Waals surface area contributed by atoms with Crippen molar-refractivity contribution in [1.29, 1.82) is 0 Å². The Bertz CT molecular complexity index is 781. The van der Waals surface area contributed by atoms with Crippen LogP contribution in [0.15, 0.2) is 45.8 Å². The Hall–Kier alpha value is -1.51. The highest BCUT2D eigenvalue weighted by molar-refractivity contribution is 9.10. The molecule has 0 unspecified atom stereocenters. The second-order valence-corrected chi connectivity index (χ2v) is 6.52. The first-order valence-electron chi connectivity index (χ1n) is 5.67. The summed E-state index contributed by atoms with van der Waals surface area (Å²) in [5, 5.41) is 4.88. The van der Waals surface area contributed by atoms with Crippen LogP contribution in [-0.4, -0.2) is 8.42 Å². The summed E-state index contributed by atoms with van der Waals surface area (Å²) in [6.45, 7) is -0.126. The van der Waals surface area contributed by atoms with Gasteiger partial charge in [-0.05, 0) is 28.1 Å². The van der Waals surface area contributed by atoms with E-state index in [2.05, 4.69) is 15.9 Å². The van der Waals surface area contributed by atoms with Gasteiger partial charge in [0.05, 0.1) is 4.47 Å². The predicted octanol–water partition coefficient (Wildman–Crippen LogP) is 2.95. The first-order valence-corrected chi connectivity index (χ1v) is 8.01. The van der Waals surface area contributed by atoms with Crippen molar-refractivity contribution in [3.63, 3.8) is 0 Å². The smallest absolute Gasteiger partial charge is 0.241 e. The first kappa shape index (κ1) is 15.9. The molecule has 0 saturated heterocycles. The molecule has 2 aromatic rings. The van der Waals surface area contributed by atoms with Crippen LogP contribution in [0.4, 0.5) is 8.78 Å². The van der Waals surface area contributed by atoms with Gasteiger partial charge in [0.1, 0.15) is 28.9 Å². The number of hydrogen-bond acceptors (Lipinski definition) is 3. The summed E-state index contributed by atoms with van der Waals surface area (Å²) < 4.78 is 55.0. The summed E-state index contributed by atoms with van der Waals surface area (Å²) in [5.41, 5.74) is 0.292. The number of ether oxygens (including phenoxy) is 1. The number of primary sulfonamides is 1. The van der Waals surface area contributed by atoms with Crippen LogP contribution < -0.4 is 9.88 Å². The van der Waals surface area contributed by atoms with Crippen LogP contribution in [0, 0.1) is 11.6 Å². The van der Waals surface area contributed by atoms with Crippen molar-refractivity contribution in [2.45, 2.75) is 11.5 Å². The van der Waals surface area contributed by atoms with Crippen molar-refractivity contribution >= 4 is 26.0 Å². The third kappa shape index (κ3) is 3.78. The van der Waals surface area contributed by atoms with Crippen LogP contribution >= 0.6 is 15.9 Å². The number of sulfonamides is 1. The van der Waals surface area contributed by atoms with Gasteiger partial charge in [-0.1, -0.05) is 18.2 Å². The predicted molar refractivity (Wildman–Crippen MR) is 76.2 cm³/mol. The van der Waals surface area contributed by atoms with Gasteiger partial charge in [0.15, 0.2) is 0 Å². The van der Waals surface area contributed by atoms with E-state index >= 15 is 0 Å². The van der Waals surface area contributed by atoms with Gasteiger partial charge in [0, 0.05) is 11.6 Å². The van der Waals surface area contributed by atoms with E-state index in [4.69, 9.17) is 9.88 Å². The molecule has 0 bridgehead atoms. The Labute approximate surface area is 128 Å². The molecule has 0 saturated carbocycles. The highest BCUT2D eigenvalue weighted by Gasteiger charge is 2.18. The molecule has 0 radical (unpaired) electrons. The lowest BCUT2D eigenvalue weighted by Crippen LogP contribution is -2.14. The fourth-order valence-electron chi connectivity index (χ4n) is 1.61. The zero-order chi connectivity index (χ0) is 15.6. The lowest BCUT2D eigenvalue weighted by Gasteiger charge is -2.10. The Morgan fingerprint density at radius 2 is 1.81 bits per heavy atom. The fraction of sp³-hybridized carbons (Fsp3) is 0.0769. The number of benzene rings is 2. The fourth-order valence-corrected chi connectivity index (χ4v) is 2.83. The van der Waals surface area contributed by atoms with Crippen LogP contribution in [0.3, 0.4) is 0 Å². The lowest BCUT2D eigenvalue weighted by molar-refractivity contribution is 0.296. The summed E-state index contributed by atoms with van der Waals surface area (Å²) in [5.74, 6) is -1.44. The standard InChI is InChI=1S/C13H10BrF2NO3S/c14-9-5-13(21(17,18)19)11(16)6-12(9)20-7-8-3-1-2-4-10(8)15/h1-6H,7H2,(H2,17,18,19). The van der Waals surface area contributed by atoms with Crippen LogP contribution in [0.1, 0.15) is 5.56 Å². The van der Waals surface area contributed by atoms with E-state index in [-0.39, 0.29) is 16.8 Å². The molecule has 4 nitrogen and oxygen atoms in total. The number of halogens is 3. The quantitative estimate of drug-likeness (QED) is 0.890. The van der Waals surface area contributed by atoms with Crippen LogP contribution in [0.5, 0.6) is 5.75 Å². The van der Waals surface area contributed by atoms with Crippen LogP contribution in [0.2, 0.25) is 0 Å². The summed E-state index contributed by atoms with van der Waals surface area (Å²) in [6.07, 6.45) is 0. The molecule has 0 aromatic heterocycles. The van der Waals surface area contributed by atoms with Crippen LogP contribution in [-0.2, 0) is 16.6 Å². The first-order chi connectivity index (χ1) is 9.79. The molecule has 112 valence electrons. The monoisotopic (exact) mass is 377 g/mol. The van der Waals surface area contributed by atoms with E-state index in [1.165, 1.54) is 18.2 Å². The molecule has 21 heavy (non-hydrogen) atoms. The van der Waals surface area contributed by atoms with Gasteiger partial charge in [-0.2, -0.15) is 0 Å². The lowest BCUT2D eigenvalue weighted by atomic mass is 10.2. The van der Waals surface area contributed by atoms with Crippen molar-refractivity contribution in [3.05, 3.63) is 58.1 Å². The van der Waals surface area contributed by atoms with E-state index in [0.29, 0.717) is 5.56 Å². The third-order valence-electron chi connectivity index (χ3n) is 2.63. The van der Waals surface area contributed by atoms with Crippen molar-refractivity contribution in [2.24, 2.45) is 5.14 Å². The minimum atomic E-state index is -4.17. The highest BCUT2D eigenvalue weighted by atomic mass is 79.9. The average molecular weight is 378 g/mol. The molecule has 8 heteroatoms. The molecule has 0 spiro atoms. The van der Waals surface area contributed by atoms with E-state index in [1.54, 1.807) is 6.07 Å². The van der Waals surface area contributed by atoms with Crippen molar-refractivity contribution in [1.82, 2.24) is 0 Å². The van der Waals surface area contributed by atoms with Gasteiger partial charge in [-0.3, -0.25) is 0 Å². The Balaban J connectivity index is 2.26. The van der Waals surface area contributed by atoms with Crippen molar-refractivity contribution in [3.8, 4) is 5.75 Å². The van der Waals surface area contributed by atoms with Gasteiger partial charge < -0.3 is 4.74 Å². The molecule has 2 N–H and O–H groups in total. The molecule has 0 fully saturated rings. The molecule has 0 aliphatic carbocycles. The summed E-state index contributed by atoms with van der Waals surface area (Å²) in [4.78, 5) is -0.646. The van der Waals surface area contributed by atoms with E-state index in [9.17, 15) is 17.2 Å². The van der Waals surface area contributed by atoms with Gasteiger partial charge in [0.2, 0.25) is 10.0 Å². The minimum absolute atomic E-state index is 0.0446. The van der Waals surface area contributed by atoms with Crippen molar-refractivity contribution in [2.75, 3.05) is 0 Å². The molecule has 0 heterocycles. The van der Waals surface area contributed by atoms with E-state index in [1.807, 2.05) is 0 Å². The van der Waals surface area contributed by atoms with Gasteiger partial charge >= 0.3 is 0 Å². The largest absolute Gasteiger partial charge is 0.488 e. The minimum Gasteiger partial charge on any atom is -0.488 e. The topological polar surface area (TPSA) is 69.4 Å². The average Bonchev–Trinajstić information content (AvgIpc) is 2.39. The Kier molecular flexibility index (Phi) is 4.60. The molecule has 0 aliphatic rings. The number of nitrogens with two attached hydrogens (primary N) is 1. The normalized spacial score (nSPS) is 11.4. The molecule has 0 atom stereocenters. The van der Waals surface area contributed by atoms with Crippen molar-refractivity contribution < 1.29 is 21.9 Å². The molecule has 0 aliphatic heterocycles. The molecule has 2 rings (SSSR count). The molecule has 2 aromatic carbocycles. The van der Waals surface area contributed by atoms with Gasteiger partial charge in [0.25, 0.3) is 0 Å². The zero-order valence-electron chi connectivity index (χ0n) is 10.5. The SMILES string of the molecule is NS(=O)(=O)c1cc(Br)c(OCc2ccccc2F)cc1F. The summed E-state index contributed by atoms with van der Waals surface area (Å²) in [7, 11) is -4.17. The Morgan fingerprint density at radius 1 is 1.14 bits per heavy atom. The molecular weight excluding hydrogens is 368 g/mol. The highest BCUT2D eigenvalue weighted by Crippen LogP contribution is 2.30.